The van der Waals surface area contributed by atoms with Gasteiger partial charge in [-0.05, 0) is 6.92 Å². The number of carbonyl (C=O) groups excluding carboxylic acids is 1. The standard InChI is InChI=1S/C6H7N3O3S/c1-3-7-6(13-9-3)8-4(10)2-5(11)12/h2H2,1H3,(H,11,12)(H,7,8,9,10). The summed E-state index contributed by atoms with van der Waals surface area (Å²) < 4.78 is 3.82. The van der Waals surface area contributed by atoms with Crippen LogP contribution >= 0.6 is 11.5 Å². The normalized spacial score (nSPS) is 9.62. The number of nitrogens with zero attached hydrogens (tertiary/aromatic N) is 2. The van der Waals surface area contributed by atoms with Crippen molar-refractivity contribution in [2.75, 3.05) is 5.32 Å². The third-order valence-electron chi connectivity index (χ3n) is 1.09. The average Bonchev–Trinajstić information content (AvgIpc) is 2.33. The van der Waals surface area contributed by atoms with Gasteiger partial charge in [0.25, 0.3) is 0 Å². The molecule has 2 N–H and O–H groups in total. The molecule has 1 aromatic rings. The molecule has 0 saturated heterocycles. The Balaban J connectivity index is 2.50. The molecule has 0 aromatic carbocycles. The minimum Gasteiger partial charge on any atom is -0.481 e. The van der Waals surface area contributed by atoms with Gasteiger partial charge in [0.15, 0.2) is 0 Å². The average molecular weight is 201 g/mol. The van der Waals surface area contributed by atoms with Crippen molar-refractivity contribution >= 4 is 28.5 Å². The minimum absolute atomic E-state index is 0.323. The second-order valence-corrected chi connectivity index (χ2v) is 3.02. The number of aliphatic carboxylic acids is 1. The molecule has 0 aliphatic carbocycles. The van der Waals surface area contributed by atoms with Crippen molar-refractivity contribution in [1.82, 2.24) is 9.36 Å². The van der Waals surface area contributed by atoms with Gasteiger partial charge < -0.3 is 10.4 Å². The number of carboxylic acid groups (broad SMARTS) is 1. The van der Waals surface area contributed by atoms with Gasteiger partial charge in [0.1, 0.15) is 12.2 Å². The molecule has 0 aliphatic rings. The van der Waals surface area contributed by atoms with E-state index in [1.165, 1.54) is 0 Å². The molecule has 0 bridgehead atoms. The number of rotatable bonds is 3. The molecule has 0 radical (unpaired) electrons. The summed E-state index contributed by atoms with van der Waals surface area (Å²) in [5, 5.41) is 10.9. The predicted molar refractivity (Wildman–Crippen MR) is 45.5 cm³/mol. The van der Waals surface area contributed by atoms with Crippen LogP contribution in [0.15, 0.2) is 0 Å². The Morgan fingerprint density at radius 2 is 2.31 bits per heavy atom. The SMILES string of the molecule is Cc1nsc(NC(=O)CC(=O)O)n1. The van der Waals surface area contributed by atoms with Gasteiger partial charge in [0.2, 0.25) is 11.0 Å². The van der Waals surface area contributed by atoms with Crippen LogP contribution in [0.4, 0.5) is 5.13 Å². The Morgan fingerprint density at radius 3 is 2.77 bits per heavy atom. The maximum atomic E-state index is 10.9. The Labute approximate surface area is 77.8 Å². The second-order valence-electron chi connectivity index (χ2n) is 2.27. The molecule has 7 heteroatoms. The molecular weight excluding hydrogens is 194 g/mol. The van der Waals surface area contributed by atoms with Crippen LogP contribution in [0.25, 0.3) is 0 Å². The van der Waals surface area contributed by atoms with Gasteiger partial charge >= 0.3 is 5.97 Å². The van der Waals surface area contributed by atoms with E-state index >= 15 is 0 Å². The number of hydrogen-bond acceptors (Lipinski definition) is 5. The lowest BCUT2D eigenvalue weighted by Gasteiger charge is -1.95. The zero-order valence-electron chi connectivity index (χ0n) is 6.77. The molecule has 70 valence electrons. The summed E-state index contributed by atoms with van der Waals surface area (Å²) in [4.78, 5) is 24.8. The zero-order valence-corrected chi connectivity index (χ0v) is 7.59. The molecule has 1 rings (SSSR count). The van der Waals surface area contributed by atoms with E-state index in [2.05, 4.69) is 14.7 Å². The third kappa shape index (κ3) is 3.16. The van der Waals surface area contributed by atoms with Crippen molar-refractivity contribution in [1.29, 1.82) is 0 Å². The molecule has 1 amide bonds. The summed E-state index contributed by atoms with van der Waals surface area (Å²) in [6, 6.07) is 0. The van der Waals surface area contributed by atoms with E-state index < -0.39 is 18.3 Å². The summed E-state index contributed by atoms with van der Waals surface area (Å²) in [5.74, 6) is -1.21. The van der Waals surface area contributed by atoms with E-state index in [-0.39, 0.29) is 0 Å². The fraction of sp³-hybridized carbons (Fsp3) is 0.333. The summed E-state index contributed by atoms with van der Waals surface area (Å²) in [7, 11) is 0. The van der Waals surface area contributed by atoms with E-state index in [1.54, 1.807) is 6.92 Å². The molecule has 0 spiro atoms. The van der Waals surface area contributed by atoms with Crippen molar-refractivity contribution in [2.45, 2.75) is 13.3 Å². The van der Waals surface area contributed by atoms with E-state index in [0.29, 0.717) is 11.0 Å². The van der Waals surface area contributed by atoms with Gasteiger partial charge in [-0.25, -0.2) is 4.98 Å². The number of hydrogen-bond donors (Lipinski definition) is 2. The quantitative estimate of drug-likeness (QED) is 0.684. The zero-order chi connectivity index (χ0) is 9.84. The summed E-state index contributed by atoms with van der Waals surface area (Å²) >= 11 is 1.02. The van der Waals surface area contributed by atoms with Crippen LogP contribution in [0, 0.1) is 6.92 Å². The van der Waals surface area contributed by atoms with Crippen molar-refractivity contribution in [3.63, 3.8) is 0 Å². The van der Waals surface area contributed by atoms with Crippen LogP contribution in [-0.2, 0) is 9.59 Å². The number of aryl methyl sites for hydroxylation is 1. The highest BCUT2D eigenvalue weighted by Crippen LogP contribution is 2.09. The first-order valence-corrected chi connectivity index (χ1v) is 4.17. The molecule has 0 fully saturated rings. The number of aromatic nitrogens is 2. The summed E-state index contributed by atoms with van der Waals surface area (Å²) in [6.07, 6.45) is -0.557. The van der Waals surface area contributed by atoms with Crippen molar-refractivity contribution in [3.8, 4) is 0 Å². The van der Waals surface area contributed by atoms with Gasteiger partial charge in [0.05, 0.1) is 0 Å². The highest BCUT2D eigenvalue weighted by Gasteiger charge is 2.09. The van der Waals surface area contributed by atoms with Crippen LogP contribution in [0.3, 0.4) is 0 Å². The molecular formula is C6H7N3O3S. The van der Waals surface area contributed by atoms with Gasteiger partial charge in [-0.3, -0.25) is 9.59 Å². The fourth-order valence-corrected chi connectivity index (χ4v) is 1.24. The Hall–Kier alpha value is -1.50. The van der Waals surface area contributed by atoms with Gasteiger partial charge in [0, 0.05) is 11.5 Å². The molecule has 0 aliphatic heterocycles. The number of amides is 1. The first-order chi connectivity index (χ1) is 6.08. The summed E-state index contributed by atoms with van der Waals surface area (Å²) in [5.41, 5.74) is 0. The highest BCUT2D eigenvalue weighted by molar-refractivity contribution is 7.09. The maximum absolute atomic E-state index is 10.9. The molecule has 6 nitrogen and oxygen atoms in total. The Kier molecular flexibility index (Phi) is 2.91. The van der Waals surface area contributed by atoms with E-state index in [1.807, 2.05) is 0 Å². The fourth-order valence-electron chi connectivity index (χ4n) is 0.649. The predicted octanol–water partition coefficient (Wildman–Crippen LogP) is 0.260. The molecule has 0 saturated carbocycles. The van der Waals surface area contributed by atoms with Crippen molar-refractivity contribution in [2.24, 2.45) is 0 Å². The molecule has 1 heterocycles. The van der Waals surface area contributed by atoms with E-state index in [0.717, 1.165) is 11.5 Å². The van der Waals surface area contributed by atoms with Gasteiger partial charge in [-0.15, -0.1) is 0 Å². The third-order valence-corrected chi connectivity index (χ3v) is 1.81. The van der Waals surface area contributed by atoms with Gasteiger partial charge in [-0.1, -0.05) is 0 Å². The lowest BCUT2D eigenvalue weighted by atomic mass is 10.4. The Morgan fingerprint density at radius 1 is 1.62 bits per heavy atom. The number of carbonyl (C=O) groups is 2. The van der Waals surface area contributed by atoms with Crippen LogP contribution in [0.2, 0.25) is 0 Å². The number of carboxylic acids is 1. The highest BCUT2D eigenvalue weighted by atomic mass is 32.1. The van der Waals surface area contributed by atoms with Crippen LogP contribution in [-0.4, -0.2) is 26.3 Å². The Bertz CT molecular complexity index is 336. The molecule has 0 atom stereocenters. The topological polar surface area (TPSA) is 92.2 Å². The lowest BCUT2D eigenvalue weighted by Crippen LogP contribution is -2.15. The number of nitrogens with one attached hydrogen (secondary N) is 1. The van der Waals surface area contributed by atoms with Crippen LogP contribution in [0.5, 0.6) is 0 Å². The molecule has 1 aromatic heterocycles. The first kappa shape index (κ1) is 9.59. The largest absolute Gasteiger partial charge is 0.481 e. The number of anilines is 1. The van der Waals surface area contributed by atoms with E-state index in [4.69, 9.17) is 5.11 Å². The smallest absolute Gasteiger partial charge is 0.312 e. The second kappa shape index (κ2) is 3.94. The van der Waals surface area contributed by atoms with Crippen LogP contribution in [0.1, 0.15) is 12.2 Å². The van der Waals surface area contributed by atoms with Gasteiger partial charge in [-0.2, -0.15) is 4.37 Å². The summed E-state index contributed by atoms with van der Waals surface area (Å²) in [6.45, 7) is 1.68. The first-order valence-electron chi connectivity index (χ1n) is 3.40. The van der Waals surface area contributed by atoms with E-state index in [9.17, 15) is 9.59 Å². The minimum atomic E-state index is -1.17. The molecule has 13 heavy (non-hydrogen) atoms. The molecule has 0 unspecified atom stereocenters. The van der Waals surface area contributed by atoms with Crippen molar-refractivity contribution in [3.05, 3.63) is 5.82 Å². The van der Waals surface area contributed by atoms with Crippen molar-refractivity contribution < 1.29 is 14.7 Å². The maximum Gasteiger partial charge on any atom is 0.312 e. The monoisotopic (exact) mass is 201 g/mol. The lowest BCUT2D eigenvalue weighted by molar-refractivity contribution is -0.139. The van der Waals surface area contributed by atoms with Crippen LogP contribution < -0.4 is 5.32 Å².